The van der Waals surface area contributed by atoms with E-state index in [9.17, 15) is 9.59 Å². The van der Waals surface area contributed by atoms with Crippen LogP contribution in [0.3, 0.4) is 0 Å². The molecule has 31 heavy (non-hydrogen) atoms. The average Bonchev–Trinajstić information content (AvgIpc) is 3.57. The van der Waals surface area contributed by atoms with Gasteiger partial charge in [0.1, 0.15) is 6.04 Å². The summed E-state index contributed by atoms with van der Waals surface area (Å²) in [6.45, 7) is 0. The van der Waals surface area contributed by atoms with Gasteiger partial charge < -0.3 is 25.8 Å². The number of methoxy groups -OCH3 is 2. The number of hydrogen-bond acceptors (Lipinski definition) is 4. The molecule has 170 valence electrons. The highest BCUT2D eigenvalue weighted by molar-refractivity contribution is 5.95. The number of guanidine groups is 1. The topological polar surface area (TPSA) is 115 Å². The quantitative estimate of drug-likeness (QED) is 0.409. The largest absolute Gasteiger partial charge is 0.493 e. The SMILES string of the molecule is COc1ccc(CC(=O)N=C(N)NC(CC2CCCCC2)C(=O)NC2CC2)cc1OC. The molecule has 8 heteroatoms. The fourth-order valence-electron chi connectivity index (χ4n) is 4.07. The zero-order valence-corrected chi connectivity index (χ0v) is 18.5. The zero-order valence-electron chi connectivity index (χ0n) is 18.5. The smallest absolute Gasteiger partial charge is 0.253 e. The first-order chi connectivity index (χ1) is 15.0. The number of carbonyl (C=O) groups excluding carboxylic acids is 2. The van der Waals surface area contributed by atoms with Crippen molar-refractivity contribution >= 4 is 17.8 Å². The number of aliphatic imine (C=N–C) groups is 1. The van der Waals surface area contributed by atoms with Crippen molar-refractivity contribution in [3.8, 4) is 11.5 Å². The minimum Gasteiger partial charge on any atom is -0.493 e. The number of nitrogens with zero attached hydrogens (tertiary/aromatic N) is 1. The molecule has 2 fully saturated rings. The fourth-order valence-corrected chi connectivity index (χ4v) is 4.07. The number of hydrogen-bond donors (Lipinski definition) is 3. The molecule has 0 aromatic heterocycles. The van der Waals surface area contributed by atoms with Gasteiger partial charge in [0.15, 0.2) is 17.5 Å². The van der Waals surface area contributed by atoms with Gasteiger partial charge in [-0.2, -0.15) is 4.99 Å². The van der Waals surface area contributed by atoms with Crippen molar-refractivity contribution in [2.45, 2.75) is 69.9 Å². The van der Waals surface area contributed by atoms with E-state index in [1.54, 1.807) is 32.4 Å². The minimum atomic E-state index is -0.471. The summed E-state index contributed by atoms with van der Waals surface area (Å²) in [5.41, 5.74) is 6.75. The van der Waals surface area contributed by atoms with Crippen molar-refractivity contribution in [3.05, 3.63) is 23.8 Å². The molecule has 1 aromatic rings. The number of rotatable bonds is 9. The van der Waals surface area contributed by atoms with Gasteiger partial charge in [0.05, 0.1) is 20.6 Å². The highest BCUT2D eigenvalue weighted by Crippen LogP contribution is 2.29. The van der Waals surface area contributed by atoms with E-state index in [-0.39, 0.29) is 24.3 Å². The summed E-state index contributed by atoms with van der Waals surface area (Å²) in [6, 6.07) is 5.07. The molecule has 0 aliphatic heterocycles. The molecule has 0 bridgehead atoms. The molecule has 2 saturated carbocycles. The van der Waals surface area contributed by atoms with Crippen LogP contribution in [0.4, 0.5) is 0 Å². The number of carbonyl (C=O) groups is 2. The van der Waals surface area contributed by atoms with Crippen LogP contribution in [0.15, 0.2) is 23.2 Å². The van der Waals surface area contributed by atoms with Crippen molar-refractivity contribution in [1.29, 1.82) is 0 Å². The molecular weight excluding hydrogens is 396 g/mol. The van der Waals surface area contributed by atoms with Crippen LogP contribution in [-0.4, -0.2) is 44.1 Å². The first-order valence-electron chi connectivity index (χ1n) is 11.1. The third kappa shape index (κ3) is 7.15. The molecule has 4 N–H and O–H groups in total. The van der Waals surface area contributed by atoms with E-state index in [0.717, 1.165) is 31.2 Å². The van der Waals surface area contributed by atoms with Crippen molar-refractivity contribution < 1.29 is 19.1 Å². The van der Waals surface area contributed by atoms with Crippen molar-refractivity contribution in [1.82, 2.24) is 10.6 Å². The Labute approximate surface area is 184 Å². The van der Waals surface area contributed by atoms with Gasteiger partial charge in [-0.25, -0.2) is 0 Å². The van der Waals surface area contributed by atoms with E-state index in [2.05, 4.69) is 15.6 Å². The van der Waals surface area contributed by atoms with Crippen LogP contribution in [-0.2, 0) is 16.0 Å². The molecular formula is C23H34N4O4. The predicted molar refractivity (Wildman–Crippen MR) is 119 cm³/mol. The van der Waals surface area contributed by atoms with E-state index >= 15 is 0 Å². The maximum absolute atomic E-state index is 12.7. The van der Waals surface area contributed by atoms with Crippen LogP contribution in [0.2, 0.25) is 0 Å². The van der Waals surface area contributed by atoms with Gasteiger partial charge in [0.2, 0.25) is 5.91 Å². The van der Waals surface area contributed by atoms with E-state index in [4.69, 9.17) is 15.2 Å². The highest BCUT2D eigenvalue weighted by atomic mass is 16.5. The predicted octanol–water partition coefficient (Wildman–Crippen LogP) is 2.29. The lowest BCUT2D eigenvalue weighted by Crippen LogP contribution is -2.50. The van der Waals surface area contributed by atoms with Gasteiger partial charge in [-0.05, 0) is 42.9 Å². The first kappa shape index (κ1) is 22.9. The highest BCUT2D eigenvalue weighted by Gasteiger charge is 2.30. The van der Waals surface area contributed by atoms with Crippen LogP contribution in [0.25, 0.3) is 0 Å². The summed E-state index contributed by atoms with van der Waals surface area (Å²) in [7, 11) is 3.10. The molecule has 1 aromatic carbocycles. The molecule has 2 amide bonds. The Morgan fingerprint density at radius 2 is 1.81 bits per heavy atom. The second-order valence-electron chi connectivity index (χ2n) is 8.48. The summed E-state index contributed by atoms with van der Waals surface area (Å²) in [4.78, 5) is 29.1. The normalized spacial score (nSPS) is 18.2. The van der Waals surface area contributed by atoms with Gasteiger partial charge in [0, 0.05) is 6.04 Å². The van der Waals surface area contributed by atoms with E-state index in [1.165, 1.54) is 19.3 Å². The maximum atomic E-state index is 12.7. The maximum Gasteiger partial charge on any atom is 0.253 e. The number of amides is 2. The molecule has 0 spiro atoms. The third-order valence-electron chi connectivity index (χ3n) is 5.90. The van der Waals surface area contributed by atoms with Crippen molar-refractivity contribution in [3.63, 3.8) is 0 Å². The monoisotopic (exact) mass is 430 g/mol. The molecule has 3 rings (SSSR count). The Morgan fingerprint density at radius 1 is 1.10 bits per heavy atom. The summed E-state index contributed by atoms with van der Waals surface area (Å²) < 4.78 is 10.5. The second kappa shape index (κ2) is 11.0. The van der Waals surface area contributed by atoms with Gasteiger partial charge in [-0.15, -0.1) is 0 Å². The molecule has 2 aliphatic carbocycles. The van der Waals surface area contributed by atoms with Crippen molar-refractivity contribution in [2.75, 3.05) is 14.2 Å². The number of nitrogens with one attached hydrogen (secondary N) is 2. The van der Waals surface area contributed by atoms with Crippen LogP contribution < -0.4 is 25.8 Å². The van der Waals surface area contributed by atoms with Crippen LogP contribution in [0.5, 0.6) is 11.5 Å². The van der Waals surface area contributed by atoms with Crippen LogP contribution in [0, 0.1) is 5.92 Å². The van der Waals surface area contributed by atoms with E-state index in [1.807, 2.05) is 0 Å². The minimum absolute atomic E-state index is 0.0165. The molecule has 0 radical (unpaired) electrons. The van der Waals surface area contributed by atoms with Gasteiger partial charge in [-0.1, -0.05) is 38.2 Å². The van der Waals surface area contributed by atoms with E-state index in [0.29, 0.717) is 23.8 Å². The molecule has 1 unspecified atom stereocenters. The van der Waals surface area contributed by atoms with Crippen LogP contribution in [0.1, 0.15) is 56.9 Å². The Morgan fingerprint density at radius 3 is 2.45 bits per heavy atom. The first-order valence-corrected chi connectivity index (χ1v) is 11.1. The summed E-state index contributed by atoms with van der Waals surface area (Å²) >= 11 is 0. The lowest BCUT2D eigenvalue weighted by Gasteiger charge is -2.26. The van der Waals surface area contributed by atoms with Gasteiger partial charge >= 0.3 is 0 Å². The Bertz CT molecular complexity index is 801. The summed E-state index contributed by atoms with van der Waals surface area (Å²) in [6.07, 6.45) is 8.75. The van der Waals surface area contributed by atoms with Gasteiger partial charge in [0.25, 0.3) is 5.91 Å². The second-order valence-corrected chi connectivity index (χ2v) is 8.48. The molecule has 0 heterocycles. The van der Waals surface area contributed by atoms with Crippen LogP contribution >= 0.6 is 0 Å². The lowest BCUT2D eigenvalue weighted by atomic mass is 9.84. The number of ether oxygens (including phenoxy) is 2. The molecule has 0 saturated heterocycles. The fraction of sp³-hybridized carbons (Fsp3) is 0.609. The average molecular weight is 431 g/mol. The van der Waals surface area contributed by atoms with Gasteiger partial charge in [-0.3, -0.25) is 9.59 Å². The summed E-state index contributed by atoms with van der Waals surface area (Å²) in [5.74, 6) is 1.17. The summed E-state index contributed by atoms with van der Waals surface area (Å²) in [5, 5.41) is 6.05. The zero-order chi connectivity index (χ0) is 22.2. The molecule has 2 aliphatic rings. The lowest BCUT2D eigenvalue weighted by molar-refractivity contribution is -0.123. The Hall–Kier alpha value is -2.77. The third-order valence-corrected chi connectivity index (χ3v) is 5.90. The standard InChI is InChI=1S/C23H34N4O4/c1-30-19-11-8-16(13-20(19)31-2)14-21(28)27-23(24)26-18(22(29)25-17-9-10-17)12-15-6-4-3-5-7-15/h8,11,13,15,17-18H,3-7,9-10,12,14H2,1-2H3,(H,25,29)(H3,24,26,27,28). The van der Waals surface area contributed by atoms with Crippen molar-refractivity contribution in [2.24, 2.45) is 16.6 Å². The van der Waals surface area contributed by atoms with E-state index < -0.39 is 11.9 Å². The molecule has 8 nitrogen and oxygen atoms in total. The Kier molecular flexibility index (Phi) is 8.14. The molecule has 1 atom stereocenters. The Balaban J connectivity index is 1.61. The number of nitrogens with two attached hydrogens (primary N) is 1. The number of benzene rings is 1.